The molecule has 0 amide bonds. The van der Waals surface area contributed by atoms with E-state index in [0.717, 1.165) is 0 Å². The van der Waals surface area contributed by atoms with Crippen molar-refractivity contribution in [1.82, 2.24) is 9.55 Å². The topological polar surface area (TPSA) is 121 Å². The van der Waals surface area contributed by atoms with E-state index in [1.807, 2.05) is 6.92 Å². The molecule has 4 atom stereocenters. The van der Waals surface area contributed by atoms with E-state index < -0.39 is 36.4 Å². The Morgan fingerprint density at radius 3 is 2.54 bits per heavy atom. The fourth-order valence-corrected chi connectivity index (χ4v) is 3.34. The molecule has 1 rings (SSSR count). The van der Waals surface area contributed by atoms with E-state index in [-0.39, 0.29) is 6.61 Å². The molecule has 1 aromatic rings. The van der Waals surface area contributed by atoms with Crippen molar-refractivity contribution in [2.45, 2.75) is 45.6 Å². The average Bonchev–Trinajstić information content (AvgIpc) is 2.65. The molecule has 0 saturated carbocycles. The maximum atomic E-state index is 12.1. The van der Waals surface area contributed by atoms with Gasteiger partial charge in [-0.3, -0.25) is 14.3 Å². The van der Waals surface area contributed by atoms with Gasteiger partial charge in [0.05, 0.1) is 25.9 Å². The van der Waals surface area contributed by atoms with Gasteiger partial charge in [-0.25, -0.2) is 4.79 Å². The summed E-state index contributed by atoms with van der Waals surface area (Å²) in [4.78, 5) is 35.9. The second-order valence-electron chi connectivity index (χ2n) is 6.02. The molecule has 162 valence electrons. The van der Waals surface area contributed by atoms with E-state index in [0.29, 0.717) is 25.2 Å². The van der Waals surface area contributed by atoms with Gasteiger partial charge in [0, 0.05) is 26.0 Å². The van der Waals surface area contributed by atoms with E-state index in [9.17, 15) is 14.5 Å². The summed E-state index contributed by atoms with van der Waals surface area (Å²) in [5.74, 6) is 0. The largest absolute Gasteiger partial charge is 0.382 e. The molecule has 1 heterocycles. The minimum absolute atomic E-state index is 0.0798. The van der Waals surface area contributed by atoms with E-state index in [4.69, 9.17) is 35.1 Å². The average molecular weight is 440 g/mol. The zero-order chi connectivity index (χ0) is 21.3. The standard InChI is InChI=1S/C16H29N2O8PS/c1-6-13(14(10-24-8-7-22-4)26-27(21,28)23-5)25-12(3)18-9-11(2)15(19)17-16(18)20/h9,12-14H,6-8,10H2,1-5H3,(H,21,28)(H,17,19,20)/t12?,13-,14?,27?/m0/s1. The van der Waals surface area contributed by atoms with Crippen LogP contribution in [0.1, 0.15) is 32.1 Å². The van der Waals surface area contributed by atoms with Crippen LogP contribution in [0.3, 0.4) is 0 Å². The van der Waals surface area contributed by atoms with Crippen LogP contribution in [-0.2, 0) is 35.1 Å². The van der Waals surface area contributed by atoms with Gasteiger partial charge in [0.15, 0.2) is 0 Å². The third-order valence-electron chi connectivity index (χ3n) is 3.94. The molecule has 0 fully saturated rings. The van der Waals surface area contributed by atoms with Gasteiger partial charge in [-0.2, -0.15) is 0 Å². The van der Waals surface area contributed by atoms with Gasteiger partial charge in [-0.05, 0) is 32.1 Å². The zero-order valence-corrected chi connectivity index (χ0v) is 18.5. The Hall–Kier alpha value is -0.910. The first kappa shape index (κ1) is 25.1. The Balaban J connectivity index is 2.98. The summed E-state index contributed by atoms with van der Waals surface area (Å²) in [6.07, 6.45) is -0.105. The highest BCUT2D eigenvalue weighted by Crippen LogP contribution is 2.45. The van der Waals surface area contributed by atoms with Crippen molar-refractivity contribution in [3.05, 3.63) is 32.6 Å². The Morgan fingerprint density at radius 1 is 1.29 bits per heavy atom. The number of aromatic amines is 1. The number of nitrogens with one attached hydrogen (secondary N) is 1. The van der Waals surface area contributed by atoms with Crippen LogP contribution in [0.5, 0.6) is 0 Å². The van der Waals surface area contributed by atoms with Crippen LogP contribution in [0.25, 0.3) is 0 Å². The highest BCUT2D eigenvalue weighted by Gasteiger charge is 2.30. The zero-order valence-electron chi connectivity index (χ0n) is 16.7. The lowest BCUT2D eigenvalue weighted by Crippen LogP contribution is -2.39. The molecule has 0 aliphatic rings. The van der Waals surface area contributed by atoms with Gasteiger partial charge in [-0.1, -0.05) is 6.92 Å². The van der Waals surface area contributed by atoms with Crippen LogP contribution in [0, 0.1) is 6.92 Å². The molecule has 3 unspecified atom stereocenters. The lowest BCUT2D eigenvalue weighted by Gasteiger charge is -2.31. The van der Waals surface area contributed by atoms with Crippen molar-refractivity contribution < 1.29 is 28.2 Å². The van der Waals surface area contributed by atoms with E-state index >= 15 is 0 Å². The van der Waals surface area contributed by atoms with Crippen molar-refractivity contribution >= 4 is 18.5 Å². The molecule has 0 spiro atoms. The summed E-state index contributed by atoms with van der Waals surface area (Å²) in [7, 11) is 2.82. The van der Waals surface area contributed by atoms with Crippen LogP contribution < -0.4 is 11.2 Å². The summed E-state index contributed by atoms with van der Waals surface area (Å²) in [6.45, 7) is 2.44. The predicted octanol–water partition coefficient (Wildman–Crippen LogP) is 1.07. The quantitative estimate of drug-likeness (QED) is 0.343. The maximum Gasteiger partial charge on any atom is 0.330 e. The van der Waals surface area contributed by atoms with Crippen molar-refractivity contribution in [3.63, 3.8) is 0 Å². The highest BCUT2D eigenvalue weighted by atomic mass is 32.5. The molecule has 0 aliphatic carbocycles. The fraction of sp³-hybridized carbons (Fsp3) is 0.750. The Bertz CT molecular complexity index is 768. The second-order valence-corrected chi connectivity index (χ2v) is 8.92. The molecular formula is C16H29N2O8PS. The van der Waals surface area contributed by atoms with Gasteiger partial charge in [0.25, 0.3) is 5.56 Å². The number of aromatic nitrogens is 2. The predicted molar refractivity (Wildman–Crippen MR) is 107 cm³/mol. The first-order chi connectivity index (χ1) is 13.1. The molecule has 0 saturated heterocycles. The van der Waals surface area contributed by atoms with Gasteiger partial charge in [-0.15, -0.1) is 0 Å². The van der Waals surface area contributed by atoms with Crippen LogP contribution in [0.15, 0.2) is 15.8 Å². The van der Waals surface area contributed by atoms with Crippen LogP contribution in [-0.4, -0.2) is 60.7 Å². The van der Waals surface area contributed by atoms with Crippen molar-refractivity contribution in [1.29, 1.82) is 0 Å². The first-order valence-electron chi connectivity index (χ1n) is 8.76. The second kappa shape index (κ2) is 11.9. The van der Waals surface area contributed by atoms with Crippen molar-refractivity contribution in [3.8, 4) is 0 Å². The van der Waals surface area contributed by atoms with E-state index in [1.54, 1.807) is 21.0 Å². The number of nitrogens with zero attached hydrogens (tertiary/aromatic N) is 1. The lowest BCUT2D eigenvalue weighted by atomic mass is 10.1. The van der Waals surface area contributed by atoms with Gasteiger partial charge in [0.1, 0.15) is 12.3 Å². The molecular weight excluding hydrogens is 411 g/mol. The molecule has 12 heteroatoms. The summed E-state index contributed by atoms with van der Waals surface area (Å²) in [5, 5.41) is 0. The van der Waals surface area contributed by atoms with Gasteiger partial charge >= 0.3 is 12.4 Å². The number of rotatable bonds is 13. The SMILES string of the molecule is CC[C@H](OC(C)n1cc(C)c(=O)[nH]c1=O)C(COCCOC)OP(O)(=S)OC. The minimum atomic E-state index is -3.47. The summed E-state index contributed by atoms with van der Waals surface area (Å²) < 4.78 is 28.1. The van der Waals surface area contributed by atoms with Gasteiger partial charge < -0.3 is 28.2 Å². The summed E-state index contributed by atoms with van der Waals surface area (Å²) in [6, 6.07) is 0. The van der Waals surface area contributed by atoms with Gasteiger partial charge in [0.2, 0.25) is 0 Å². The third-order valence-corrected chi connectivity index (χ3v) is 5.64. The number of hydrogen-bond donors (Lipinski definition) is 2. The van der Waals surface area contributed by atoms with Crippen LogP contribution in [0.4, 0.5) is 0 Å². The normalized spacial score (nSPS) is 17.1. The summed E-state index contributed by atoms with van der Waals surface area (Å²) >= 11 is 4.94. The Kier molecular flexibility index (Phi) is 10.7. The number of aryl methyl sites for hydroxylation is 1. The van der Waals surface area contributed by atoms with Crippen LogP contribution >= 0.6 is 6.72 Å². The summed E-state index contributed by atoms with van der Waals surface area (Å²) in [5.41, 5.74) is -0.658. The molecule has 0 bridgehead atoms. The number of H-pyrrole nitrogens is 1. The Morgan fingerprint density at radius 2 is 1.96 bits per heavy atom. The Labute approximate surface area is 169 Å². The molecule has 1 aromatic heterocycles. The number of ether oxygens (including phenoxy) is 3. The van der Waals surface area contributed by atoms with E-state index in [1.165, 1.54) is 17.9 Å². The smallest absolute Gasteiger partial charge is 0.330 e. The molecule has 10 nitrogen and oxygen atoms in total. The minimum Gasteiger partial charge on any atom is -0.382 e. The third kappa shape index (κ3) is 7.84. The monoisotopic (exact) mass is 440 g/mol. The molecule has 2 N–H and O–H groups in total. The highest BCUT2D eigenvalue weighted by molar-refractivity contribution is 8.07. The number of methoxy groups -OCH3 is 1. The van der Waals surface area contributed by atoms with Crippen LogP contribution in [0.2, 0.25) is 0 Å². The maximum absolute atomic E-state index is 12.1. The number of hydrogen-bond acceptors (Lipinski definition) is 8. The van der Waals surface area contributed by atoms with E-state index in [2.05, 4.69) is 4.98 Å². The molecule has 0 radical (unpaired) electrons. The molecule has 0 aliphatic heterocycles. The lowest BCUT2D eigenvalue weighted by molar-refractivity contribution is -0.115. The van der Waals surface area contributed by atoms with Crippen molar-refractivity contribution in [2.75, 3.05) is 34.0 Å². The fourth-order valence-electron chi connectivity index (χ4n) is 2.38. The van der Waals surface area contributed by atoms with Crippen molar-refractivity contribution in [2.24, 2.45) is 0 Å². The molecule has 0 aromatic carbocycles. The first-order valence-corrected chi connectivity index (χ1v) is 11.3. The molecule has 28 heavy (non-hydrogen) atoms.